The highest BCUT2D eigenvalue weighted by Gasteiger charge is 2.05. The minimum atomic E-state index is 0.233. The Bertz CT molecular complexity index is 569. The van der Waals surface area contributed by atoms with Crippen LogP contribution in [0.5, 0.6) is 5.75 Å². The van der Waals surface area contributed by atoms with Gasteiger partial charge in [0.05, 0.1) is 17.7 Å². The van der Waals surface area contributed by atoms with Crippen molar-refractivity contribution in [2.45, 2.75) is 19.8 Å². The van der Waals surface area contributed by atoms with Crippen LogP contribution in [-0.4, -0.2) is 17.9 Å². The van der Waals surface area contributed by atoms with E-state index in [1.165, 1.54) is 0 Å². The van der Waals surface area contributed by atoms with E-state index in [1.807, 2.05) is 18.2 Å². The molecule has 4 heteroatoms. The highest BCUT2D eigenvalue weighted by atomic mass is 35.5. The van der Waals surface area contributed by atoms with Crippen LogP contribution < -0.4 is 4.74 Å². The van der Waals surface area contributed by atoms with Crippen molar-refractivity contribution in [1.82, 2.24) is 4.98 Å². The van der Waals surface area contributed by atoms with E-state index in [2.05, 4.69) is 11.9 Å². The number of pyridine rings is 1. The number of hydrogen-bond acceptors (Lipinski definition) is 3. The number of nitrogens with zero attached hydrogens (tertiary/aromatic N) is 1. The third kappa shape index (κ3) is 2.79. The number of rotatable bonds is 5. The molecule has 0 aliphatic rings. The largest absolute Gasteiger partial charge is 0.494 e. The van der Waals surface area contributed by atoms with Crippen molar-refractivity contribution in [2.24, 2.45) is 0 Å². The van der Waals surface area contributed by atoms with Gasteiger partial charge >= 0.3 is 0 Å². The Morgan fingerprint density at radius 2 is 2.22 bits per heavy atom. The molecule has 1 heterocycles. The third-order valence-corrected chi connectivity index (χ3v) is 2.96. The maximum Gasteiger partial charge on any atom is 0.153 e. The van der Waals surface area contributed by atoms with E-state index in [0.717, 1.165) is 29.5 Å². The van der Waals surface area contributed by atoms with Gasteiger partial charge in [-0.2, -0.15) is 0 Å². The van der Waals surface area contributed by atoms with E-state index in [-0.39, 0.29) is 5.15 Å². The van der Waals surface area contributed by atoms with E-state index in [0.29, 0.717) is 18.5 Å². The Balaban J connectivity index is 2.32. The third-order valence-electron chi connectivity index (χ3n) is 2.66. The summed E-state index contributed by atoms with van der Waals surface area (Å²) in [5.41, 5.74) is 1.16. The standard InChI is InChI=1S/C14H14ClNO2/c1-2-3-6-18-12-4-5-13-10(8-12)7-11(9-17)14(15)16-13/h4-5,7-9H,2-3,6H2,1H3. The quantitative estimate of drug-likeness (QED) is 0.467. The first kappa shape index (κ1) is 12.8. The van der Waals surface area contributed by atoms with Crippen LogP contribution in [-0.2, 0) is 0 Å². The highest BCUT2D eigenvalue weighted by molar-refractivity contribution is 6.32. The molecule has 18 heavy (non-hydrogen) atoms. The maximum atomic E-state index is 10.8. The predicted molar refractivity (Wildman–Crippen MR) is 72.5 cm³/mol. The number of unbranched alkanes of at least 4 members (excludes halogenated alkanes) is 1. The lowest BCUT2D eigenvalue weighted by atomic mass is 10.1. The van der Waals surface area contributed by atoms with Crippen LogP contribution in [0, 0.1) is 0 Å². The summed E-state index contributed by atoms with van der Waals surface area (Å²) in [6.45, 7) is 2.82. The molecule has 0 unspecified atom stereocenters. The molecule has 0 bridgehead atoms. The van der Waals surface area contributed by atoms with Gasteiger partial charge in [-0.3, -0.25) is 4.79 Å². The fourth-order valence-electron chi connectivity index (χ4n) is 1.65. The maximum absolute atomic E-state index is 10.8. The van der Waals surface area contributed by atoms with Crippen LogP contribution in [0.25, 0.3) is 10.9 Å². The molecule has 1 aromatic heterocycles. The Labute approximate surface area is 111 Å². The first-order valence-corrected chi connectivity index (χ1v) is 6.30. The van der Waals surface area contributed by atoms with Gasteiger partial charge < -0.3 is 4.74 Å². The summed E-state index contributed by atoms with van der Waals surface area (Å²) >= 11 is 5.87. The topological polar surface area (TPSA) is 39.2 Å². The Morgan fingerprint density at radius 1 is 1.39 bits per heavy atom. The number of aldehydes is 1. The molecule has 2 rings (SSSR count). The van der Waals surface area contributed by atoms with Crippen molar-refractivity contribution in [3.8, 4) is 5.75 Å². The molecule has 0 N–H and O–H groups in total. The minimum absolute atomic E-state index is 0.233. The molecular formula is C14H14ClNO2. The zero-order valence-corrected chi connectivity index (χ0v) is 10.9. The van der Waals surface area contributed by atoms with E-state index in [9.17, 15) is 4.79 Å². The summed E-state index contributed by atoms with van der Waals surface area (Å²) < 4.78 is 5.61. The second-order valence-corrected chi connectivity index (χ2v) is 4.40. The summed E-state index contributed by atoms with van der Waals surface area (Å²) in [6.07, 6.45) is 2.83. The van der Waals surface area contributed by atoms with Crippen LogP contribution in [0.4, 0.5) is 0 Å². The fourth-order valence-corrected chi connectivity index (χ4v) is 1.84. The molecule has 3 nitrogen and oxygen atoms in total. The zero-order chi connectivity index (χ0) is 13.0. The van der Waals surface area contributed by atoms with Crippen LogP contribution in [0.3, 0.4) is 0 Å². The van der Waals surface area contributed by atoms with Crippen LogP contribution >= 0.6 is 11.6 Å². The molecule has 0 saturated heterocycles. The normalized spacial score (nSPS) is 10.6. The van der Waals surface area contributed by atoms with E-state index in [4.69, 9.17) is 16.3 Å². The Kier molecular flexibility index (Phi) is 4.15. The molecule has 1 aromatic carbocycles. The summed E-state index contributed by atoms with van der Waals surface area (Å²) in [5.74, 6) is 0.789. The van der Waals surface area contributed by atoms with Crippen molar-refractivity contribution < 1.29 is 9.53 Å². The highest BCUT2D eigenvalue weighted by Crippen LogP contribution is 2.23. The number of hydrogen-bond donors (Lipinski definition) is 0. The average molecular weight is 264 g/mol. The number of aromatic nitrogens is 1. The number of carbonyl (C=O) groups is 1. The van der Waals surface area contributed by atoms with Gasteiger partial charge in [-0.25, -0.2) is 4.98 Å². The first-order valence-electron chi connectivity index (χ1n) is 5.93. The molecule has 0 fully saturated rings. The van der Waals surface area contributed by atoms with Gasteiger partial charge in [0.1, 0.15) is 10.9 Å². The number of ether oxygens (including phenoxy) is 1. The first-order chi connectivity index (χ1) is 8.74. The lowest BCUT2D eigenvalue weighted by Gasteiger charge is -2.07. The van der Waals surface area contributed by atoms with Gasteiger partial charge in [-0.15, -0.1) is 0 Å². The van der Waals surface area contributed by atoms with Gasteiger partial charge in [0.2, 0.25) is 0 Å². The molecule has 0 atom stereocenters. The van der Waals surface area contributed by atoms with Crippen molar-refractivity contribution in [1.29, 1.82) is 0 Å². The molecule has 0 amide bonds. The summed E-state index contributed by atoms with van der Waals surface area (Å²) in [5, 5.41) is 1.09. The lowest BCUT2D eigenvalue weighted by Crippen LogP contribution is -1.96. The Morgan fingerprint density at radius 3 is 2.94 bits per heavy atom. The zero-order valence-electron chi connectivity index (χ0n) is 10.1. The molecule has 0 aliphatic carbocycles. The summed E-state index contributed by atoms with van der Waals surface area (Å²) in [4.78, 5) is 15.0. The smallest absolute Gasteiger partial charge is 0.153 e. The number of fused-ring (bicyclic) bond motifs is 1. The average Bonchev–Trinajstić information content (AvgIpc) is 2.38. The number of carbonyl (C=O) groups excluding carboxylic acids is 1. The SMILES string of the molecule is CCCCOc1ccc2nc(Cl)c(C=O)cc2c1. The van der Waals surface area contributed by atoms with Gasteiger partial charge in [0.15, 0.2) is 6.29 Å². The fraction of sp³-hybridized carbons (Fsp3) is 0.286. The van der Waals surface area contributed by atoms with Crippen molar-refractivity contribution in [3.63, 3.8) is 0 Å². The molecule has 0 aliphatic heterocycles. The molecule has 94 valence electrons. The van der Waals surface area contributed by atoms with Gasteiger partial charge in [-0.05, 0) is 30.7 Å². The van der Waals surface area contributed by atoms with Crippen LogP contribution in [0.15, 0.2) is 24.3 Å². The van der Waals surface area contributed by atoms with E-state index >= 15 is 0 Å². The Hall–Kier alpha value is -1.61. The van der Waals surface area contributed by atoms with E-state index in [1.54, 1.807) is 6.07 Å². The predicted octanol–water partition coefficient (Wildman–Crippen LogP) is 3.88. The summed E-state index contributed by atoms with van der Waals surface area (Å²) in [7, 11) is 0. The molecule has 0 radical (unpaired) electrons. The van der Waals surface area contributed by atoms with Crippen molar-refractivity contribution >= 4 is 28.8 Å². The van der Waals surface area contributed by atoms with Crippen molar-refractivity contribution in [2.75, 3.05) is 6.61 Å². The minimum Gasteiger partial charge on any atom is -0.494 e. The number of halogens is 1. The number of benzene rings is 1. The molecule has 0 saturated carbocycles. The monoisotopic (exact) mass is 263 g/mol. The molecular weight excluding hydrogens is 250 g/mol. The van der Waals surface area contributed by atoms with Crippen LogP contribution in [0.1, 0.15) is 30.1 Å². The van der Waals surface area contributed by atoms with E-state index < -0.39 is 0 Å². The molecule has 0 spiro atoms. The molecule has 2 aromatic rings. The summed E-state index contributed by atoms with van der Waals surface area (Å²) in [6, 6.07) is 7.31. The van der Waals surface area contributed by atoms with Gasteiger partial charge in [0, 0.05) is 5.39 Å². The van der Waals surface area contributed by atoms with Gasteiger partial charge in [-0.1, -0.05) is 24.9 Å². The second-order valence-electron chi connectivity index (χ2n) is 4.04. The lowest BCUT2D eigenvalue weighted by molar-refractivity contribution is 0.112. The van der Waals surface area contributed by atoms with Gasteiger partial charge in [0.25, 0.3) is 0 Å². The second kappa shape index (κ2) is 5.83. The van der Waals surface area contributed by atoms with Crippen molar-refractivity contribution in [3.05, 3.63) is 35.0 Å². The van der Waals surface area contributed by atoms with Crippen LogP contribution in [0.2, 0.25) is 5.15 Å².